The fourth-order valence-corrected chi connectivity index (χ4v) is 3.37. The van der Waals surface area contributed by atoms with E-state index in [1.165, 1.54) is 25.8 Å². The molecule has 2 heterocycles. The molecule has 4 rings (SSSR count). The number of hydrogen-bond acceptors (Lipinski definition) is 8. The highest BCUT2D eigenvalue weighted by Gasteiger charge is 2.29. The SMILES string of the molecule is COc1cncc(NC(C(=O)c2nocc2-c2ccccc2C#N)c2cccc(C)c2)n1. The van der Waals surface area contributed by atoms with Gasteiger partial charge in [0.05, 0.1) is 36.7 Å². The Morgan fingerprint density at radius 2 is 2.00 bits per heavy atom. The minimum Gasteiger partial charge on any atom is -0.480 e. The zero-order valence-electron chi connectivity index (χ0n) is 17.4. The predicted molar refractivity (Wildman–Crippen MR) is 117 cm³/mol. The minimum atomic E-state index is -0.825. The summed E-state index contributed by atoms with van der Waals surface area (Å²) in [5.41, 5.74) is 3.27. The van der Waals surface area contributed by atoms with E-state index in [4.69, 9.17) is 9.26 Å². The molecule has 0 aliphatic rings. The second-order valence-corrected chi connectivity index (χ2v) is 7.04. The van der Waals surface area contributed by atoms with Crippen molar-refractivity contribution in [2.24, 2.45) is 0 Å². The molecule has 0 saturated carbocycles. The topological polar surface area (TPSA) is 114 Å². The number of aromatic nitrogens is 3. The number of hydrogen-bond donors (Lipinski definition) is 1. The van der Waals surface area contributed by atoms with Gasteiger partial charge in [-0.2, -0.15) is 10.2 Å². The Morgan fingerprint density at radius 1 is 1.16 bits per heavy atom. The summed E-state index contributed by atoms with van der Waals surface area (Å²) >= 11 is 0. The lowest BCUT2D eigenvalue weighted by atomic mass is 9.94. The Labute approximate surface area is 184 Å². The van der Waals surface area contributed by atoms with E-state index >= 15 is 0 Å². The van der Waals surface area contributed by atoms with Crippen molar-refractivity contribution in [1.82, 2.24) is 15.1 Å². The first kappa shape index (κ1) is 20.8. The van der Waals surface area contributed by atoms with Gasteiger partial charge in [0.15, 0.2) is 5.69 Å². The summed E-state index contributed by atoms with van der Waals surface area (Å²) in [7, 11) is 1.49. The van der Waals surface area contributed by atoms with E-state index in [1.807, 2.05) is 31.2 Å². The molecule has 0 bridgehead atoms. The fourth-order valence-electron chi connectivity index (χ4n) is 3.37. The molecule has 32 heavy (non-hydrogen) atoms. The summed E-state index contributed by atoms with van der Waals surface area (Å²) in [4.78, 5) is 22.1. The van der Waals surface area contributed by atoms with E-state index in [-0.39, 0.29) is 11.5 Å². The van der Waals surface area contributed by atoms with Crippen LogP contribution in [0.4, 0.5) is 5.82 Å². The molecule has 0 aliphatic carbocycles. The number of carbonyl (C=O) groups excluding carboxylic acids is 1. The van der Waals surface area contributed by atoms with Crippen LogP contribution in [0, 0.1) is 18.3 Å². The van der Waals surface area contributed by atoms with Crippen LogP contribution >= 0.6 is 0 Å². The zero-order chi connectivity index (χ0) is 22.5. The van der Waals surface area contributed by atoms with E-state index in [9.17, 15) is 10.1 Å². The Hall–Kier alpha value is -4.51. The van der Waals surface area contributed by atoms with Crippen molar-refractivity contribution in [3.63, 3.8) is 0 Å². The molecule has 0 fully saturated rings. The molecule has 1 N–H and O–H groups in total. The molecule has 0 aliphatic heterocycles. The molecule has 1 unspecified atom stereocenters. The highest BCUT2D eigenvalue weighted by molar-refractivity contribution is 6.05. The van der Waals surface area contributed by atoms with E-state index in [0.717, 1.165) is 11.1 Å². The van der Waals surface area contributed by atoms with Crippen LogP contribution in [0.25, 0.3) is 11.1 Å². The second kappa shape index (κ2) is 9.10. The number of ether oxygens (including phenoxy) is 1. The van der Waals surface area contributed by atoms with Gasteiger partial charge in [-0.05, 0) is 18.6 Å². The quantitative estimate of drug-likeness (QED) is 0.435. The molecule has 2 aromatic heterocycles. The number of anilines is 1. The van der Waals surface area contributed by atoms with Crippen LogP contribution in [-0.2, 0) is 0 Å². The maximum absolute atomic E-state index is 13.7. The molecule has 8 nitrogen and oxygen atoms in total. The van der Waals surface area contributed by atoms with E-state index in [2.05, 4.69) is 26.5 Å². The molecule has 0 radical (unpaired) electrons. The van der Waals surface area contributed by atoms with Crippen LogP contribution in [-0.4, -0.2) is 28.0 Å². The van der Waals surface area contributed by atoms with Gasteiger partial charge < -0.3 is 14.6 Å². The number of benzene rings is 2. The van der Waals surface area contributed by atoms with Gasteiger partial charge in [-0.1, -0.05) is 53.2 Å². The normalized spacial score (nSPS) is 11.4. The predicted octanol–water partition coefficient (Wildman–Crippen LogP) is 4.36. The van der Waals surface area contributed by atoms with E-state index in [1.54, 1.807) is 24.3 Å². The zero-order valence-corrected chi connectivity index (χ0v) is 17.4. The smallest absolute Gasteiger partial charge is 0.233 e. The van der Waals surface area contributed by atoms with Crippen molar-refractivity contribution in [3.05, 3.63) is 89.6 Å². The number of aryl methyl sites for hydroxylation is 1. The first-order chi connectivity index (χ1) is 15.6. The number of nitrogens with zero attached hydrogens (tertiary/aromatic N) is 4. The summed E-state index contributed by atoms with van der Waals surface area (Å²) < 4.78 is 10.3. The Morgan fingerprint density at radius 3 is 2.78 bits per heavy atom. The molecule has 0 spiro atoms. The Bertz CT molecular complexity index is 1310. The van der Waals surface area contributed by atoms with Gasteiger partial charge in [-0.3, -0.25) is 9.78 Å². The van der Waals surface area contributed by atoms with Gasteiger partial charge in [0.1, 0.15) is 18.1 Å². The summed E-state index contributed by atoms with van der Waals surface area (Å²) in [6, 6.07) is 15.9. The molecule has 0 saturated heterocycles. The summed E-state index contributed by atoms with van der Waals surface area (Å²) in [5.74, 6) is 0.346. The molecule has 0 amide bonds. The van der Waals surface area contributed by atoms with E-state index in [0.29, 0.717) is 28.4 Å². The van der Waals surface area contributed by atoms with Crippen molar-refractivity contribution in [3.8, 4) is 23.1 Å². The summed E-state index contributed by atoms with van der Waals surface area (Å²) in [6.45, 7) is 1.95. The van der Waals surface area contributed by atoms with Gasteiger partial charge in [0.2, 0.25) is 11.7 Å². The molecule has 1 atom stereocenters. The third-order valence-electron chi connectivity index (χ3n) is 4.89. The lowest BCUT2D eigenvalue weighted by Crippen LogP contribution is -2.23. The molecule has 2 aromatic carbocycles. The largest absolute Gasteiger partial charge is 0.480 e. The van der Waals surface area contributed by atoms with Crippen LogP contribution in [0.1, 0.15) is 33.2 Å². The molecule has 8 heteroatoms. The number of rotatable bonds is 7. The van der Waals surface area contributed by atoms with Crippen molar-refractivity contribution >= 4 is 11.6 Å². The molecular formula is C24H19N5O3. The molecular weight excluding hydrogens is 406 g/mol. The lowest BCUT2D eigenvalue weighted by molar-refractivity contribution is 0.0961. The third-order valence-corrected chi connectivity index (χ3v) is 4.89. The van der Waals surface area contributed by atoms with Crippen LogP contribution in [0.15, 0.2) is 71.7 Å². The maximum Gasteiger partial charge on any atom is 0.233 e. The van der Waals surface area contributed by atoms with E-state index < -0.39 is 6.04 Å². The van der Waals surface area contributed by atoms with Gasteiger partial charge in [0.25, 0.3) is 0 Å². The first-order valence-corrected chi connectivity index (χ1v) is 9.78. The van der Waals surface area contributed by atoms with Gasteiger partial charge in [-0.15, -0.1) is 0 Å². The highest BCUT2D eigenvalue weighted by atomic mass is 16.5. The van der Waals surface area contributed by atoms with Crippen LogP contribution < -0.4 is 10.1 Å². The Balaban J connectivity index is 1.78. The second-order valence-electron chi connectivity index (χ2n) is 7.04. The monoisotopic (exact) mass is 425 g/mol. The number of nitrogens with one attached hydrogen (secondary N) is 1. The number of nitriles is 1. The van der Waals surface area contributed by atoms with Crippen molar-refractivity contribution in [2.45, 2.75) is 13.0 Å². The van der Waals surface area contributed by atoms with Gasteiger partial charge in [-0.25, -0.2) is 0 Å². The summed E-state index contributed by atoms with van der Waals surface area (Å²) in [5, 5.41) is 16.6. The number of methoxy groups -OCH3 is 1. The number of ketones is 1. The average Bonchev–Trinajstić information content (AvgIpc) is 3.32. The molecule has 4 aromatic rings. The maximum atomic E-state index is 13.7. The Kier molecular flexibility index (Phi) is 5.90. The van der Waals surface area contributed by atoms with Crippen LogP contribution in [0.5, 0.6) is 5.88 Å². The average molecular weight is 425 g/mol. The third kappa shape index (κ3) is 4.18. The highest BCUT2D eigenvalue weighted by Crippen LogP contribution is 2.31. The standard InChI is InChI=1S/C24H19N5O3/c1-15-6-5-8-16(10-15)22(28-20-12-26-13-21(27-20)31-2)24(30)23-19(14-32-29-23)18-9-4-3-7-17(18)11-25/h3-10,12-14,22H,1-2H3,(H,27,28). The number of carbonyl (C=O) groups is 1. The fraction of sp³-hybridized carbons (Fsp3) is 0.125. The summed E-state index contributed by atoms with van der Waals surface area (Å²) in [6.07, 6.45) is 4.36. The van der Waals surface area contributed by atoms with Crippen LogP contribution in [0.2, 0.25) is 0 Å². The van der Waals surface area contributed by atoms with Gasteiger partial charge >= 0.3 is 0 Å². The van der Waals surface area contributed by atoms with Crippen molar-refractivity contribution < 1.29 is 14.1 Å². The lowest BCUT2D eigenvalue weighted by Gasteiger charge is -2.19. The molecule has 158 valence electrons. The van der Waals surface area contributed by atoms with Crippen LogP contribution in [0.3, 0.4) is 0 Å². The minimum absolute atomic E-state index is 0.113. The van der Waals surface area contributed by atoms with Gasteiger partial charge in [0, 0.05) is 5.56 Å². The number of Topliss-reactive ketones (excluding diaryl/α,β-unsaturated/α-hetero) is 1. The van der Waals surface area contributed by atoms with Crippen molar-refractivity contribution in [2.75, 3.05) is 12.4 Å². The first-order valence-electron chi connectivity index (χ1n) is 9.78. The van der Waals surface area contributed by atoms with Crippen molar-refractivity contribution in [1.29, 1.82) is 5.26 Å².